The van der Waals surface area contributed by atoms with Gasteiger partial charge in [0.2, 0.25) is 0 Å². The molecule has 1 unspecified atom stereocenters. The van der Waals surface area contributed by atoms with Gasteiger partial charge in [0.05, 0.1) is 12.8 Å². The lowest BCUT2D eigenvalue weighted by molar-refractivity contribution is 0.0595. The zero-order valence-electron chi connectivity index (χ0n) is 10.8. The van der Waals surface area contributed by atoms with Crippen LogP contribution < -0.4 is 5.32 Å². The van der Waals surface area contributed by atoms with Crippen molar-refractivity contribution >= 4 is 5.69 Å². The van der Waals surface area contributed by atoms with Gasteiger partial charge in [-0.1, -0.05) is 12.1 Å². The fourth-order valence-corrected chi connectivity index (χ4v) is 2.37. The lowest BCUT2D eigenvalue weighted by atomic mass is 10.0. The first-order valence-electron chi connectivity index (χ1n) is 6.72. The molecule has 1 atom stereocenters. The molecule has 0 spiro atoms. The molecule has 0 amide bonds. The molecule has 1 fully saturated rings. The maximum atomic E-state index is 5.49. The molecule has 0 radical (unpaired) electrons. The Bertz CT molecular complexity index is 505. The molecule has 1 aromatic heterocycles. The molecule has 100 valence electrons. The van der Waals surface area contributed by atoms with Crippen molar-refractivity contribution in [1.29, 1.82) is 0 Å². The number of aromatic nitrogens is 1. The zero-order chi connectivity index (χ0) is 12.9. The largest absolute Gasteiger partial charge is 0.444 e. The van der Waals surface area contributed by atoms with Crippen molar-refractivity contribution in [3.8, 4) is 11.3 Å². The molecule has 1 aromatic carbocycles. The second-order valence-corrected chi connectivity index (χ2v) is 4.91. The molecule has 1 aliphatic heterocycles. The van der Waals surface area contributed by atoms with E-state index in [0.717, 1.165) is 36.8 Å². The van der Waals surface area contributed by atoms with Crippen molar-refractivity contribution in [2.45, 2.75) is 12.8 Å². The Balaban J connectivity index is 1.63. The third-order valence-corrected chi connectivity index (χ3v) is 3.43. The third kappa shape index (κ3) is 3.15. The minimum atomic E-state index is 0.614. The fourth-order valence-electron chi connectivity index (χ4n) is 2.37. The maximum absolute atomic E-state index is 5.49. The van der Waals surface area contributed by atoms with Gasteiger partial charge in [-0.15, -0.1) is 0 Å². The Hall–Kier alpha value is -1.81. The molecule has 2 heterocycles. The van der Waals surface area contributed by atoms with Gasteiger partial charge in [0.15, 0.2) is 12.2 Å². The van der Waals surface area contributed by atoms with Crippen LogP contribution in [-0.4, -0.2) is 24.7 Å². The summed E-state index contributed by atoms with van der Waals surface area (Å²) in [5.74, 6) is 1.41. The molecule has 4 nitrogen and oxygen atoms in total. The van der Waals surface area contributed by atoms with Gasteiger partial charge in [-0.25, -0.2) is 4.98 Å². The molecule has 0 bridgehead atoms. The number of anilines is 1. The summed E-state index contributed by atoms with van der Waals surface area (Å²) in [5, 5.41) is 3.47. The molecule has 4 heteroatoms. The van der Waals surface area contributed by atoms with E-state index in [1.54, 1.807) is 6.20 Å². The Kier molecular flexibility index (Phi) is 3.79. The maximum Gasteiger partial charge on any atom is 0.181 e. The summed E-state index contributed by atoms with van der Waals surface area (Å²) < 4.78 is 10.8. The first kappa shape index (κ1) is 12.2. The van der Waals surface area contributed by atoms with Crippen LogP contribution in [0.5, 0.6) is 0 Å². The minimum absolute atomic E-state index is 0.614. The highest BCUT2D eigenvalue weighted by Crippen LogP contribution is 2.22. The number of nitrogens with one attached hydrogen (secondary N) is 1. The van der Waals surface area contributed by atoms with E-state index in [2.05, 4.69) is 22.4 Å². The summed E-state index contributed by atoms with van der Waals surface area (Å²) in [6, 6.07) is 8.21. The highest BCUT2D eigenvalue weighted by atomic mass is 16.5. The Morgan fingerprint density at radius 2 is 2.37 bits per heavy atom. The van der Waals surface area contributed by atoms with E-state index in [1.807, 2.05) is 12.1 Å². The van der Waals surface area contributed by atoms with Crippen LogP contribution in [0.15, 0.2) is 41.3 Å². The van der Waals surface area contributed by atoms with Crippen LogP contribution in [0, 0.1) is 5.92 Å². The van der Waals surface area contributed by atoms with Gasteiger partial charge in [0, 0.05) is 24.4 Å². The summed E-state index contributed by atoms with van der Waals surface area (Å²) in [5.41, 5.74) is 2.15. The van der Waals surface area contributed by atoms with Crippen LogP contribution in [0.2, 0.25) is 0 Å². The van der Waals surface area contributed by atoms with Crippen molar-refractivity contribution in [1.82, 2.24) is 4.98 Å². The molecule has 1 saturated heterocycles. The van der Waals surface area contributed by atoms with E-state index in [-0.39, 0.29) is 0 Å². The van der Waals surface area contributed by atoms with Gasteiger partial charge >= 0.3 is 0 Å². The van der Waals surface area contributed by atoms with E-state index in [0.29, 0.717) is 5.92 Å². The van der Waals surface area contributed by atoms with Gasteiger partial charge in [0.1, 0.15) is 0 Å². The molecular weight excluding hydrogens is 240 g/mol. The number of hydrogen-bond donors (Lipinski definition) is 1. The monoisotopic (exact) mass is 258 g/mol. The number of oxazole rings is 1. The van der Waals surface area contributed by atoms with Gasteiger partial charge in [0.25, 0.3) is 0 Å². The molecule has 0 saturated carbocycles. The van der Waals surface area contributed by atoms with Crippen LogP contribution in [0.1, 0.15) is 12.8 Å². The summed E-state index contributed by atoms with van der Waals surface area (Å²) in [7, 11) is 0. The average Bonchev–Trinajstić information content (AvgIpc) is 3.01. The van der Waals surface area contributed by atoms with Crippen molar-refractivity contribution in [2.24, 2.45) is 5.92 Å². The summed E-state index contributed by atoms with van der Waals surface area (Å²) in [6.07, 6.45) is 5.60. The smallest absolute Gasteiger partial charge is 0.181 e. The topological polar surface area (TPSA) is 47.3 Å². The molecule has 2 aromatic rings. The van der Waals surface area contributed by atoms with E-state index in [4.69, 9.17) is 9.15 Å². The van der Waals surface area contributed by atoms with Gasteiger partial charge in [-0.2, -0.15) is 0 Å². The fraction of sp³-hybridized carbons (Fsp3) is 0.400. The SMILES string of the molecule is c1cc(NCC2CCCOC2)cc(-c2cnco2)c1. The van der Waals surface area contributed by atoms with Gasteiger partial charge in [-0.3, -0.25) is 0 Å². The van der Waals surface area contributed by atoms with E-state index < -0.39 is 0 Å². The summed E-state index contributed by atoms with van der Waals surface area (Å²) in [6.45, 7) is 2.74. The first-order chi connectivity index (χ1) is 9.42. The summed E-state index contributed by atoms with van der Waals surface area (Å²) >= 11 is 0. The minimum Gasteiger partial charge on any atom is -0.444 e. The predicted molar refractivity (Wildman–Crippen MR) is 74.0 cm³/mol. The molecule has 19 heavy (non-hydrogen) atoms. The summed E-state index contributed by atoms with van der Waals surface area (Å²) in [4.78, 5) is 3.94. The number of benzene rings is 1. The van der Waals surface area contributed by atoms with Crippen LogP contribution in [0.4, 0.5) is 5.69 Å². The lowest BCUT2D eigenvalue weighted by Gasteiger charge is -2.22. The second kappa shape index (κ2) is 5.89. The quantitative estimate of drug-likeness (QED) is 0.915. The molecule has 1 aliphatic rings. The van der Waals surface area contributed by atoms with E-state index >= 15 is 0 Å². The standard InChI is InChI=1S/C15H18N2O2/c1-4-13(15-9-16-11-19-15)7-14(5-1)17-8-12-3-2-6-18-10-12/h1,4-5,7,9,11-12,17H,2-3,6,8,10H2. The van der Waals surface area contributed by atoms with E-state index in [1.165, 1.54) is 19.2 Å². The van der Waals surface area contributed by atoms with Gasteiger partial charge in [-0.05, 0) is 30.9 Å². The zero-order valence-corrected chi connectivity index (χ0v) is 10.8. The van der Waals surface area contributed by atoms with Crippen LogP contribution >= 0.6 is 0 Å². The third-order valence-electron chi connectivity index (χ3n) is 3.43. The van der Waals surface area contributed by atoms with Crippen LogP contribution in [-0.2, 0) is 4.74 Å². The Morgan fingerprint density at radius 3 is 3.16 bits per heavy atom. The first-order valence-corrected chi connectivity index (χ1v) is 6.72. The normalized spacial score (nSPS) is 19.3. The lowest BCUT2D eigenvalue weighted by Crippen LogP contribution is -2.24. The molecule has 0 aliphatic carbocycles. The highest BCUT2D eigenvalue weighted by Gasteiger charge is 2.13. The Morgan fingerprint density at radius 1 is 1.37 bits per heavy atom. The second-order valence-electron chi connectivity index (χ2n) is 4.91. The van der Waals surface area contributed by atoms with Crippen LogP contribution in [0.25, 0.3) is 11.3 Å². The number of rotatable bonds is 4. The van der Waals surface area contributed by atoms with Gasteiger partial charge < -0.3 is 14.5 Å². The molecule has 1 N–H and O–H groups in total. The van der Waals surface area contributed by atoms with Crippen LogP contribution in [0.3, 0.4) is 0 Å². The number of nitrogens with zero attached hydrogens (tertiary/aromatic N) is 1. The van der Waals surface area contributed by atoms with Crippen molar-refractivity contribution in [3.63, 3.8) is 0 Å². The Labute approximate surface area is 112 Å². The molecule has 3 rings (SSSR count). The van der Waals surface area contributed by atoms with E-state index in [9.17, 15) is 0 Å². The number of hydrogen-bond acceptors (Lipinski definition) is 4. The average molecular weight is 258 g/mol. The van der Waals surface area contributed by atoms with Crippen molar-refractivity contribution < 1.29 is 9.15 Å². The predicted octanol–water partition coefficient (Wildman–Crippen LogP) is 3.18. The van der Waals surface area contributed by atoms with Crippen molar-refractivity contribution in [2.75, 3.05) is 25.1 Å². The van der Waals surface area contributed by atoms with Crippen molar-refractivity contribution in [3.05, 3.63) is 36.9 Å². The highest BCUT2D eigenvalue weighted by molar-refractivity contribution is 5.63. The molecular formula is C15H18N2O2. The number of ether oxygens (including phenoxy) is 1.